The van der Waals surface area contributed by atoms with Crippen molar-refractivity contribution in [3.8, 4) is 0 Å². The summed E-state index contributed by atoms with van der Waals surface area (Å²) in [6.07, 6.45) is 22.3. The zero-order valence-electron chi connectivity index (χ0n) is 28.4. The Morgan fingerprint density at radius 2 is 0.911 bits per heavy atom. The lowest BCUT2D eigenvalue weighted by molar-refractivity contribution is -0.117. The monoisotopic (exact) mass is 628 g/mol. The summed E-state index contributed by atoms with van der Waals surface area (Å²) in [4.78, 5) is 27.3. The van der Waals surface area contributed by atoms with Gasteiger partial charge in [-0.2, -0.15) is 0 Å². The van der Waals surface area contributed by atoms with E-state index in [0.717, 1.165) is 16.9 Å². The summed E-state index contributed by atoms with van der Waals surface area (Å²) in [5, 5.41) is 5.94. The van der Waals surface area contributed by atoms with Crippen LogP contribution in [0.2, 0.25) is 0 Å². The van der Waals surface area contributed by atoms with Gasteiger partial charge in [-0.15, -0.1) is 11.8 Å². The molecule has 2 aromatic rings. The van der Waals surface area contributed by atoms with Crippen molar-refractivity contribution in [2.45, 2.75) is 141 Å². The van der Waals surface area contributed by atoms with Crippen LogP contribution in [-0.2, 0) is 15.0 Å². The molecule has 2 aliphatic rings. The predicted molar refractivity (Wildman–Crippen MR) is 192 cm³/mol. The van der Waals surface area contributed by atoms with Crippen LogP contribution in [0, 0.1) is 0 Å². The number of rotatable bonds is 20. The predicted octanol–water partition coefficient (Wildman–Crippen LogP) is 10.7. The molecular formula is C40H56N2O2S. The summed E-state index contributed by atoms with van der Waals surface area (Å²) in [6.45, 7) is 8.80. The fraction of sp³-hybridized carbons (Fsp3) is 0.550. The van der Waals surface area contributed by atoms with Gasteiger partial charge in [-0.1, -0.05) is 160 Å². The maximum Gasteiger partial charge on any atom is 0.258 e. The molecule has 0 saturated carbocycles. The van der Waals surface area contributed by atoms with Crippen LogP contribution in [0.3, 0.4) is 0 Å². The number of fused-ring (bicyclic) bond motifs is 1. The molecule has 5 heteroatoms. The van der Waals surface area contributed by atoms with Crippen molar-refractivity contribution in [3.63, 3.8) is 0 Å². The lowest BCUT2D eigenvalue weighted by atomic mass is 9.86. The van der Waals surface area contributed by atoms with Crippen molar-refractivity contribution in [3.05, 3.63) is 76.4 Å². The van der Waals surface area contributed by atoms with Crippen molar-refractivity contribution >= 4 is 35.0 Å². The Morgan fingerprint density at radius 3 is 1.31 bits per heavy atom. The van der Waals surface area contributed by atoms with E-state index in [4.69, 9.17) is 0 Å². The number of hydrogen-bond donors (Lipinski definition) is 2. The lowest BCUT2D eigenvalue weighted by Crippen LogP contribution is -2.21. The normalized spacial score (nSPS) is 14.8. The first-order valence-corrected chi connectivity index (χ1v) is 18.7. The number of benzene rings is 2. The Hall–Kier alpha value is -2.79. The first kappa shape index (κ1) is 35.1. The number of carbonyl (C=O) groups excluding carboxylic acids is 2. The molecule has 2 aliphatic heterocycles. The summed E-state index contributed by atoms with van der Waals surface area (Å²) in [7, 11) is 0. The third kappa shape index (κ3) is 10.4. The minimum absolute atomic E-state index is 0.0361. The SMILES string of the molecule is CCCCCCCCCCCCCCCCCCSc1ccc(C2=C3C(=O)NC(c4ccc(C(C)(C)C)cc4)=C3C(=O)N2)cc1. The molecule has 0 radical (unpaired) electrons. The Labute approximate surface area is 277 Å². The molecular weight excluding hydrogens is 573 g/mol. The molecule has 0 unspecified atom stereocenters. The number of unbranched alkanes of at least 4 members (excludes halogenated alkanes) is 15. The van der Waals surface area contributed by atoms with E-state index in [1.807, 2.05) is 36.0 Å². The second-order valence-corrected chi connectivity index (χ2v) is 15.1. The smallest absolute Gasteiger partial charge is 0.258 e. The summed E-state index contributed by atoms with van der Waals surface area (Å²) >= 11 is 1.89. The van der Waals surface area contributed by atoms with Crippen molar-refractivity contribution in [1.29, 1.82) is 0 Å². The molecule has 4 rings (SSSR count). The molecule has 244 valence electrons. The molecule has 0 atom stereocenters. The molecule has 0 aliphatic carbocycles. The van der Waals surface area contributed by atoms with Crippen LogP contribution in [0.4, 0.5) is 0 Å². The maximum absolute atomic E-state index is 13.0. The molecule has 45 heavy (non-hydrogen) atoms. The number of thioether (sulfide) groups is 1. The van der Waals surface area contributed by atoms with Gasteiger partial charge in [0.25, 0.3) is 11.8 Å². The minimum atomic E-state index is -0.227. The molecule has 2 amide bonds. The molecule has 4 nitrogen and oxygen atoms in total. The van der Waals surface area contributed by atoms with E-state index in [-0.39, 0.29) is 17.2 Å². The summed E-state index contributed by atoms with van der Waals surface area (Å²) in [5.74, 6) is 0.667. The summed E-state index contributed by atoms with van der Waals surface area (Å²) < 4.78 is 0. The van der Waals surface area contributed by atoms with Crippen LogP contribution < -0.4 is 10.6 Å². The van der Waals surface area contributed by atoms with Gasteiger partial charge in [0.05, 0.1) is 22.5 Å². The largest absolute Gasteiger partial charge is 0.321 e. The van der Waals surface area contributed by atoms with Gasteiger partial charge < -0.3 is 10.6 Å². The van der Waals surface area contributed by atoms with Crippen LogP contribution in [-0.4, -0.2) is 17.6 Å². The Balaban J connectivity index is 1.14. The molecule has 0 saturated heterocycles. The standard InChI is InChI=1S/C40H56N2O2S/c1-5-6-7-8-9-10-11-12-13-14-15-16-17-18-19-20-29-45-33-27-23-31(24-28-33)37-35-34(38(43)42-37)36(41-39(35)44)30-21-25-32(26-22-30)40(2,3)4/h21-28H,5-20,29H2,1-4H3,(H,41,44)(H,42,43). The third-order valence-electron chi connectivity index (χ3n) is 9.13. The average molecular weight is 629 g/mol. The highest BCUT2D eigenvalue weighted by molar-refractivity contribution is 7.99. The Kier molecular flexibility index (Phi) is 13.9. The lowest BCUT2D eigenvalue weighted by Gasteiger charge is -2.19. The quantitative estimate of drug-likeness (QED) is 0.113. The fourth-order valence-corrected chi connectivity index (χ4v) is 7.22. The van der Waals surface area contributed by atoms with Crippen LogP contribution in [0.25, 0.3) is 11.4 Å². The average Bonchev–Trinajstić information content (AvgIpc) is 3.56. The topological polar surface area (TPSA) is 58.2 Å². The highest BCUT2D eigenvalue weighted by Crippen LogP contribution is 2.38. The molecule has 2 heterocycles. The molecule has 0 spiro atoms. The van der Waals surface area contributed by atoms with Gasteiger partial charge in [0, 0.05) is 4.90 Å². The fourth-order valence-electron chi connectivity index (χ4n) is 6.31. The summed E-state index contributed by atoms with van der Waals surface area (Å²) in [6, 6.07) is 16.4. The Morgan fingerprint density at radius 1 is 0.533 bits per heavy atom. The summed E-state index contributed by atoms with van der Waals surface area (Å²) in [5.41, 5.74) is 5.04. The highest BCUT2D eigenvalue weighted by atomic mass is 32.2. The maximum atomic E-state index is 13.0. The molecule has 2 aromatic carbocycles. The van der Waals surface area contributed by atoms with Gasteiger partial charge in [0.1, 0.15) is 0 Å². The van der Waals surface area contributed by atoms with Gasteiger partial charge in [-0.05, 0) is 46.4 Å². The number of hydrogen-bond acceptors (Lipinski definition) is 3. The number of nitrogens with one attached hydrogen (secondary N) is 2. The van der Waals surface area contributed by atoms with Gasteiger partial charge in [-0.3, -0.25) is 9.59 Å². The second kappa shape index (κ2) is 17.8. The van der Waals surface area contributed by atoms with E-state index < -0.39 is 0 Å². The second-order valence-electron chi connectivity index (χ2n) is 13.9. The van der Waals surface area contributed by atoms with E-state index >= 15 is 0 Å². The first-order valence-electron chi connectivity index (χ1n) is 17.8. The molecule has 0 bridgehead atoms. The van der Waals surface area contributed by atoms with E-state index in [0.29, 0.717) is 22.5 Å². The third-order valence-corrected chi connectivity index (χ3v) is 10.2. The van der Waals surface area contributed by atoms with Gasteiger partial charge in [-0.25, -0.2) is 0 Å². The van der Waals surface area contributed by atoms with Crippen LogP contribution >= 0.6 is 11.8 Å². The van der Waals surface area contributed by atoms with Crippen molar-refractivity contribution in [1.82, 2.24) is 10.6 Å². The van der Waals surface area contributed by atoms with Gasteiger partial charge in [0.2, 0.25) is 0 Å². The van der Waals surface area contributed by atoms with Crippen molar-refractivity contribution in [2.75, 3.05) is 5.75 Å². The van der Waals surface area contributed by atoms with Gasteiger partial charge >= 0.3 is 0 Å². The van der Waals surface area contributed by atoms with E-state index in [1.54, 1.807) is 0 Å². The minimum Gasteiger partial charge on any atom is -0.321 e. The highest BCUT2D eigenvalue weighted by Gasteiger charge is 2.40. The zero-order valence-corrected chi connectivity index (χ0v) is 29.2. The molecule has 0 aromatic heterocycles. The van der Waals surface area contributed by atoms with E-state index in [2.05, 4.69) is 62.6 Å². The van der Waals surface area contributed by atoms with Crippen LogP contribution in [0.15, 0.2) is 64.6 Å². The van der Waals surface area contributed by atoms with Crippen molar-refractivity contribution < 1.29 is 9.59 Å². The van der Waals surface area contributed by atoms with Crippen LogP contribution in [0.5, 0.6) is 0 Å². The number of amides is 2. The zero-order chi connectivity index (χ0) is 32.1. The first-order chi connectivity index (χ1) is 21.8. The van der Waals surface area contributed by atoms with E-state index in [1.165, 1.54) is 113 Å². The van der Waals surface area contributed by atoms with E-state index in [9.17, 15) is 9.59 Å². The molecule has 2 N–H and O–H groups in total. The molecule has 0 fully saturated rings. The van der Waals surface area contributed by atoms with Gasteiger partial charge in [0.15, 0.2) is 0 Å². The van der Waals surface area contributed by atoms with Crippen LogP contribution in [0.1, 0.15) is 147 Å². The Bertz CT molecular complexity index is 1320. The van der Waals surface area contributed by atoms with Crippen molar-refractivity contribution in [2.24, 2.45) is 0 Å². The number of carbonyl (C=O) groups is 2.